The quantitative estimate of drug-likeness (QED) is 0.711. The second kappa shape index (κ2) is 5.52. The van der Waals surface area contributed by atoms with Gasteiger partial charge in [-0.3, -0.25) is 4.68 Å². The maximum atomic E-state index is 4.30. The van der Waals surface area contributed by atoms with Crippen molar-refractivity contribution in [1.82, 2.24) is 9.78 Å². The highest BCUT2D eigenvalue weighted by Gasteiger charge is 2.34. The van der Waals surface area contributed by atoms with Gasteiger partial charge in [0.1, 0.15) is 0 Å². The van der Waals surface area contributed by atoms with Gasteiger partial charge >= 0.3 is 0 Å². The van der Waals surface area contributed by atoms with Crippen LogP contribution in [0.4, 0.5) is 5.69 Å². The lowest BCUT2D eigenvalue weighted by Crippen LogP contribution is -2.52. The average Bonchev–Trinajstić information content (AvgIpc) is 2.72. The first kappa shape index (κ1) is 13.3. The van der Waals surface area contributed by atoms with Gasteiger partial charge in [0, 0.05) is 19.8 Å². The van der Waals surface area contributed by atoms with Crippen LogP contribution in [0.5, 0.6) is 0 Å². The Morgan fingerprint density at radius 2 is 1.75 bits per heavy atom. The third-order valence-corrected chi connectivity index (χ3v) is 9.53. The van der Waals surface area contributed by atoms with Crippen LogP contribution in [-0.4, -0.2) is 24.6 Å². The molecule has 1 heterocycles. The Morgan fingerprint density at radius 3 is 2.06 bits per heavy atom. The van der Waals surface area contributed by atoms with Crippen molar-refractivity contribution in [1.29, 1.82) is 0 Å². The van der Waals surface area contributed by atoms with E-state index in [0.29, 0.717) is 0 Å². The van der Waals surface area contributed by atoms with E-state index in [1.54, 1.807) is 0 Å². The fourth-order valence-corrected chi connectivity index (χ4v) is 6.64. The molecule has 16 heavy (non-hydrogen) atoms. The molecule has 0 atom stereocenters. The third kappa shape index (κ3) is 2.31. The average molecular weight is 239 g/mol. The summed E-state index contributed by atoms with van der Waals surface area (Å²) in [5.41, 5.74) is 1.31. The van der Waals surface area contributed by atoms with Gasteiger partial charge in [-0.05, 0) is 25.1 Å². The van der Waals surface area contributed by atoms with E-state index in [9.17, 15) is 0 Å². The molecule has 92 valence electrons. The van der Waals surface area contributed by atoms with Gasteiger partial charge in [-0.15, -0.1) is 0 Å². The van der Waals surface area contributed by atoms with E-state index in [1.165, 1.54) is 23.8 Å². The topological polar surface area (TPSA) is 21.1 Å². The monoisotopic (exact) mass is 239 g/mol. The zero-order chi connectivity index (χ0) is 12.2. The zero-order valence-corrected chi connectivity index (χ0v) is 12.3. The summed E-state index contributed by atoms with van der Waals surface area (Å²) in [5, 5.41) is 4.30. The summed E-state index contributed by atoms with van der Waals surface area (Å²) >= 11 is 0. The van der Waals surface area contributed by atoms with Crippen LogP contribution >= 0.6 is 0 Å². The Balaban J connectivity index is 3.04. The molecule has 1 rings (SSSR count). The molecule has 0 aliphatic heterocycles. The highest BCUT2D eigenvalue weighted by atomic mass is 28.3. The molecule has 0 saturated carbocycles. The van der Waals surface area contributed by atoms with Gasteiger partial charge in [0.25, 0.3) is 0 Å². The lowest BCUT2D eigenvalue weighted by Gasteiger charge is -2.41. The zero-order valence-electron chi connectivity index (χ0n) is 11.3. The summed E-state index contributed by atoms with van der Waals surface area (Å²) in [6.07, 6.45) is 4.15. The van der Waals surface area contributed by atoms with E-state index in [2.05, 4.69) is 43.6 Å². The van der Waals surface area contributed by atoms with E-state index in [-0.39, 0.29) is 0 Å². The van der Waals surface area contributed by atoms with Crippen LogP contribution in [0.1, 0.15) is 27.7 Å². The van der Waals surface area contributed by atoms with Gasteiger partial charge in [0.05, 0.1) is 11.9 Å². The Morgan fingerprint density at radius 1 is 1.19 bits per heavy atom. The molecule has 0 radical (unpaired) electrons. The molecule has 0 bridgehead atoms. The molecule has 1 aromatic rings. The highest BCUT2D eigenvalue weighted by molar-refractivity contribution is 6.83. The Hall–Kier alpha value is -0.773. The van der Waals surface area contributed by atoms with Crippen LogP contribution in [0, 0.1) is 0 Å². The van der Waals surface area contributed by atoms with Crippen molar-refractivity contribution in [2.24, 2.45) is 7.05 Å². The lowest BCUT2D eigenvalue weighted by atomic mass is 10.5. The number of anilines is 1. The van der Waals surface area contributed by atoms with E-state index < -0.39 is 8.24 Å². The molecule has 0 amide bonds. The minimum Gasteiger partial charge on any atom is -0.395 e. The second-order valence-corrected chi connectivity index (χ2v) is 9.51. The number of nitrogens with zero attached hydrogens (tertiary/aromatic N) is 3. The second-order valence-electron chi connectivity index (χ2n) is 4.40. The van der Waals surface area contributed by atoms with Gasteiger partial charge in [-0.1, -0.05) is 20.8 Å². The first-order valence-electron chi connectivity index (χ1n) is 6.39. The highest BCUT2D eigenvalue weighted by Crippen LogP contribution is 2.29. The maximum absolute atomic E-state index is 4.30. The number of hydrogen-bond donors (Lipinski definition) is 0. The summed E-state index contributed by atoms with van der Waals surface area (Å²) in [6.45, 7) is 10.4. The molecule has 3 nitrogen and oxygen atoms in total. The van der Waals surface area contributed by atoms with Crippen molar-refractivity contribution in [2.75, 3.05) is 11.1 Å². The largest absolute Gasteiger partial charge is 0.395 e. The van der Waals surface area contributed by atoms with Gasteiger partial charge in [0.2, 0.25) is 0 Å². The van der Waals surface area contributed by atoms with Gasteiger partial charge < -0.3 is 4.57 Å². The molecule has 1 aromatic heterocycles. The number of aromatic nitrogens is 2. The Bertz CT molecular complexity index is 310. The summed E-state index contributed by atoms with van der Waals surface area (Å²) < 4.78 is 4.54. The van der Waals surface area contributed by atoms with Crippen molar-refractivity contribution < 1.29 is 0 Å². The summed E-state index contributed by atoms with van der Waals surface area (Å²) in [5.74, 6) is 0. The minimum absolute atomic E-state index is 1.10. The molecule has 0 aliphatic carbocycles. The molecule has 0 aliphatic rings. The number of aryl methyl sites for hydroxylation is 1. The SMILES string of the molecule is CCN(c1cnn(C)c1)[Si](CC)(CC)CC. The summed E-state index contributed by atoms with van der Waals surface area (Å²) in [4.78, 5) is 0. The van der Waals surface area contributed by atoms with Gasteiger partial charge in [-0.2, -0.15) is 5.10 Å². The Labute approximate surface area is 101 Å². The maximum Gasteiger partial charge on any atom is 0.155 e. The van der Waals surface area contributed by atoms with E-state index in [4.69, 9.17) is 0 Å². The lowest BCUT2D eigenvalue weighted by molar-refractivity contribution is 0.767. The Kier molecular flexibility index (Phi) is 4.59. The van der Waals surface area contributed by atoms with Crippen molar-refractivity contribution in [3.8, 4) is 0 Å². The van der Waals surface area contributed by atoms with Crippen LogP contribution in [0.25, 0.3) is 0 Å². The summed E-state index contributed by atoms with van der Waals surface area (Å²) in [7, 11) is 0.696. The van der Waals surface area contributed by atoms with Crippen molar-refractivity contribution in [2.45, 2.75) is 45.8 Å². The van der Waals surface area contributed by atoms with Gasteiger partial charge in [-0.25, -0.2) is 0 Å². The van der Waals surface area contributed by atoms with E-state index in [1.807, 2.05) is 17.9 Å². The predicted octanol–water partition coefficient (Wildman–Crippen LogP) is 3.25. The molecule has 0 fully saturated rings. The molecule has 0 saturated heterocycles. The third-order valence-electron chi connectivity index (χ3n) is 3.87. The van der Waals surface area contributed by atoms with Crippen LogP contribution in [0.15, 0.2) is 12.4 Å². The van der Waals surface area contributed by atoms with Gasteiger partial charge in [0.15, 0.2) is 8.24 Å². The first-order valence-corrected chi connectivity index (χ1v) is 8.96. The number of hydrogen-bond acceptors (Lipinski definition) is 2. The molecule has 0 spiro atoms. The summed E-state index contributed by atoms with van der Waals surface area (Å²) in [6, 6.07) is 3.97. The minimum atomic E-state index is -1.29. The van der Waals surface area contributed by atoms with Crippen LogP contribution in [0.2, 0.25) is 18.1 Å². The molecular formula is C12H25N3Si. The first-order chi connectivity index (χ1) is 7.63. The molecule has 0 N–H and O–H groups in total. The fraction of sp³-hybridized carbons (Fsp3) is 0.750. The molecule has 0 unspecified atom stereocenters. The fourth-order valence-electron chi connectivity index (χ4n) is 2.66. The number of rotatable bonds is 6. The van der Waals surface area contributed by atoms with Crippen LogP contribution in [0.3, 0.4) is 0 Å². The van der Waals surface area contributed by atoms with Crippen molar-refractivity contribution >= 4 is 13.9 Å². The molecule has 0 aromatic carbocycles. The smallest absolute Gasteiger partial charge is 0.155 e. The van der Waals surface area contributed by atoms with Crippen LogP contribution < -0.4 is 4.57 Å². The van der Waals surface area contributed by atoms with Crippen molar-refractivity contribution in [3.63, 3.8) is 0 Å². The standard InChI is InChI=1S/C12H25N3Si/c1-6-15(12-10-13-14(5)11-12)16(7-2,8-3)9-4/h10-11H,6-9H2,1-5H3. The van der Waals surface area contributed by atoms with E-state index >= 15 is 0 Å². The van der Waals surface area contributed by atoms with Crippen molar-refractivity contribution in [3.05, 3.63) is 12.4 Å². The predicted molar refractivity (Wildman–Crippen MR) is 73.4 cm³/mol. The normalized spacial score (nSPS) is 11.8. The van der Waals surface area contributed by atoms with Crippen LogP contribution in [-0.2, 0) is 7.05 Å². The molecule has 4 heteroatoms. The molecular weight excluding hydrogens is 214 g/mol. The van der Waals surface area contributed by atoms with E-state index in [0.717, 1.165) is 6.54 Å².